The molecule has 114 valence electrons. The Morgan fingerprint density at radius 3 is 2.81 bits per heavy atom. The van der Waals surface area contributed by atoms with Crippen LogP contribution in [-0.2, 0) is 11.2 Å². The molecule has 0 aliphatic heterocycles. The molecule has 1 amide bonds. The van der Waals surface area contributed by atoms with E-state index in [1.54, 1.807) is 7.11 Å². The second kappa shape index (κ2) is 6.08. The molecule has 0 aromatic heterocycles. The number of benzene rings is 1. The van der Waals surface area contributed by atoms with E-state index in [1.807, 2.05) is 13.0 Å². The normalized spacial score (nSPS) is 26.9. The van der Waals surface area contributed by atoms with Crippen LogP contribution in [0.25, 0.3) is 0 Å². The second-order valence-corrected chi connectivity index (χ2v) is 6.65. The van der Waals surface area contributed by atoms with Gasteiger partial charge in [0, 0.05) is 12.5 Å². The molecular weight excluding hydrogens is 262 g/mol. The Kier molecular flexibility index (Phi) is 4.18. The summed E-state index contributed by atoms with van der Waals surface area (Å²) < 4.78 is 5.26. The highest BCUT2D eigenvalue weighted by Gasteiger charge is 2.39. The van der Waals surface area contributed by atoms with Crippen molar-refractivity contribution in [1.29, 1.82) is 0 Å². The maximum absolute atomic E-state index is 12.1. The number of rotatable bonds is 5. The van der Waals surface area contributed by atoms with E-state index in [-0.39, 0.29) is 5.91 Å². The van der Waals surface area contributed by atoms with E-state index < -0.39 is 0 Å². The molecule has 2 fully saturated rings. The first-order chi connectivity index (χ1) is 10.2. The van der Waals surface area contributed by atoms with E-state index in [9.17, 15) is 4.79 Å². The largest absolute Gasteiger partial charge is 0.496 e. The van der Waals surface area contributed by atoms with Crippen molar-refractivity contribution >= 4 is 5.91 Å². The number of amides is 1. The molecule has 2 saturated carbocycles. The summed E-state index contributed by atoms with van der Waals surface area (Å²) in [5.74, 6) is 2.75. The zero-order valence-corrected chi connectivity index (χ0v) is 13.0. The summed E-state index contributed by atoms with van der Waals surface area (Å²) >= 11 is 0. The summed E-state index contributed by atoms with van der Waals surface area (Å²) in [7, 11) is 1.69. The molecule has 3 rings (SSSR count). The summed E-state index contributed by atoms with van der Waals surface area (Å²) in [6.45, 7) is 2.04. The molecular formula is C18H25NO2. The molecule has 0 radical (unpaired) electrons. The molecule has 3 heteroatoms. The van der Waals surface area contributed by atoms with Gasteiger partial charge in [-0.3, -0.25) is 4.79 Å². The third-order valence-electron chi connectivity index (χ3n) is 5.18. The lowest BCUT2D eigenvalue weighted by Crippen LogP contribution is -2.38. The number of carbonyl (C=O) groups excluding carboxylic acids is 1. The third-order valence-corrected chi connectivity index (χ3v) is 5.18. The van der Waals surface area contributed by atoms with Crippen molar-refractivity contribution < 1.29 is 9.53 Å². The van der Waals surface area contributed by atoms with Crippen LogP contribution >= 0.6 is 0 Å². The van der Waals surface area contributed by atoms with Crippen LogP contribution in [0.3, 0.4) is 0 Å². The monoisotopic (exact) mass is 287 g/mol. The van der Waals surface area contributed by atoms with Gasteiger partial charge in [0.1, 0.15) is 5.75 Å². The Morgan fingerprint density at radius 1 is 1.33 bits per heavy atom. The number of ether oxygens (including phenoxy) is 1. The maximum Gasteiger partial charge on any atom is 0.220 e. The highest BCUT2D eigenvalue weighted by molar-refractivity contribution is 5.76. The average Bonchev–Trinajstić information content (AvgIpc) is 3.08. The minimum Gasteiger partial charge on any atom is -0.496 e. The number of hydrogen-bond acceptors (Lipinski definition) is 2. The van der Waals surface area contributed by atoms with Crippen LogP contribution in [0.15, 0.2) is 18.2 Å². The highest BCUT2D eigenvalue weighted by atomic mass is 16.5. The Bertz CT molecular complexity index is 526. The quantitative estimate of drug-likeness (QED) is 0.903. The fourth-order valence-corrected chi connectivity index (χ4v) is 4.05. The molecule has 0 heterocycles. The number of nitrogens with one attached hydrogen (secondary N) is 1. The predicted molar refractivity (Wildman–Crippen MR) is 83.4 cm³/mol. The van der Waals surface area contributed by atoms with Gasteiger partial charge in [-0.1, -0.05) is 18.6 Å². The van der Waals surface area contributed by atoms with Crippen LogP contribution in [0.2, 0.25) is 0 Å². The van der Waals surface area contributed by atoms with Gasteiger partial charge in [-0.15, -0.1) is 0 Å². The van der Waals surface area contributed by atoms with Gasteiger partial charge in [0.15, 0.2) is 0 Å². The predicted octanol–water partition coefficient (Wildman–Crippen LogP) is 3.24. The SMILES string of the molecule is COc1ccc(CCC(=O)N[C@H]2C[C@H]3CC[C@H]2C3)cc1C. The highest BCUT2D eigenvalue weighted by Crippen LogP contribution is 2.44. The smallest absolute Gasteiger partial charge is 0.220 e. The summed E-state index contributed by atoms with van der Waals surface area (Å²) in [6, 6.07) is 6.60. The zero-order chi connectivity index (χ0) is 14.8. The average molecular weight is 287 g/mol. The molecule has 2 bridgehead atoms. The molecule has 3 nitrogen and oxygen atoms in total. The molecule has 3 atom stereocenters. The van der Waals surface area contributed by atoms with E-state index in [1.165, 1.54) is 31.2 Å². The van der Waals surface area contributed by atoms with Crippen molar-refractivity contribution in [2.75, 3.05) is 7.11 Å². The second-order valence-electron chi connectivity index (χ2n) is 6.65. The van der Waals surface area contributed by atoms with Gasteiger partial charge in [0.2, 0.25) is 5.91 Å². The van der Waals surface area contributed by atoms with Crippen LogP contribution in [-0.4, -0.2) is 19.1 Å². The van der Waals surface area contributed by atoms with Crippen LogP contribution < -0.4 is 10.1 Å². The molecule has 0 saturated heterocycles. The van der Waals surface area contributed by atoms with E-state index in [4.69, 9.17) is 4.74 Å². The minimum absolute atomic E-state index is 0.209. The Balaban J connectivity index is 1.48. The van der Waals surface area contributed by atoms with Crippen LogP contribution in [0.4, 0.5) is 0 Å². The van der Waals surface area contributed by atoms with Gasteiger partial charge >= 0.3 is 0 Å². The Morgan fingerprint density at radius 2 is 2.19 bits per heavy atom. The molecule has 0 spiro atoms. The fraction of sp³-hybridized carbons (Fsp3) is 0.611. The van der Waals surface area contributed by atoms with Gasteiger partial charge < -0.3 is 10.1 Å². The molecule has 21 heavy (non-hydrogen) atoms. The minimum atomic E-state index is 0.209. The van der Waals surface area contributed by atoms with Crippen LogP contribution in [0.1, 0.15) is 43.2 Å². The number of methoxy groups -OCH3 is 1. The van der Waals surface area contributed by atoms with Crippen molar-refractivity contribution in [1.82, 2.24) is 5.32 Å². The summed E-state index contributed by atoms with van der Waals surface area (Å²) in [6.07, 6.45) is 6.62. The number of hydrogen-bond donors (Lipinski definition) is 1. The topological polar surface area (TPSA) is 38.3 Å². The molecule has 1 aromatic rings. The van der Waals surface area contributed by atoms with E-state index >= 15 is 0 Å². The third kappa shape index (κ3) is 3.22. The lowest BCUT2D eigenvalue weighted by molar-refractivity contribution is -0.122. The van der Waals surface area contributed by atoms with Crippen molar-refractivity contribution in [2.24, 2.45) is 11.8 Å². The van der Waals surface area contributed by atoms with E-state index in [2.05, 4.69) is 17.4 Å². The van der Waals surface area contributed by atoms with Gasteiger partial charge in [-0.25, -0.2) is 0 Å². The fourth-order valence-electron chi connectivity index (χ4n) is 4.05. The van der Waals surface area contributed by atoms with Crippen molar-refractivity contribution in [2.45, 2.75) is 51.5 Å². The molecule has 0 unspecified atom stereocenters. The summed E-state index contributed by atoms with van der Waals surface area (Å²) in [4.78, 5) is 12.1. The number of fused-ring (bicyclic) bond motifs is 2. The van der Waals surface area contributed by atoms with Crippen molar-refractivity contribution in [3.8, 4) is 5.75 Å². The maximum atomic E-state index is 12.1. The van der Waals surface area contributed by atoms with Gasteiger partial charge in [0.25, 0.3) is 0 Å². The number of aryl methyl sites for hydroxylation is 2. The molecule has 1 aromatic carbocycles. The molecule has 2 aliphatic rings. The number of carbonyl (C=O) groups is 1. The molecule has 2 aliphatic carbocycles. The van der Waals surface area contributed by atoms with E-state index in [0.717, 1.165) is 29.6 Å². The standard InChI is InChI=1S/C18H25NO2/c1-12-9-13(4-7-17(12)21-2)5-8-18(20)19-16-11-14-3-6-15(16)10-14/h4,7,9,14-16H,3,5-6,8,10-11H2,1-2H3,(H,19,20)/t14-,15-,16-/m0/s1. The lowest BCUT2D eigenvalue weighted by atomic mass is 9.95. The lowest BCUT2D eigenvalue weighted by Gasteiger charge is -2.22. The van der Waals surface area contributed by atoms with Gasteiger partial charge in [-0.05, 0) is 61.6 Å². The first-order valence-corrected chi connectivity index (χ1v) is 8.08. The molecule has 1 N–H and O–H groups in total. The zero-order valence-electron chi connectivity index (χ0n) is 13.0. The van der Waals surface area contributed by atoms with E-state index in [0.29, 0.717) is 12.5 Å². The van der Waals surface area contributed by atoms with Crippen molar-refractivity contribution in [3.63, 3.8) is 0 Å². The van der Waals surface area contributed by atoms with Gasteiger partial charge in [-0.2, -0.15) is 0 Å². The van der Waals surface area contributed by atoms with Crippen molar-refractivity contribution in [3.05, 3.63) is 29.3 Å². The first kappa shape index (κ1) is 14.4. The van der Waals surface area contributed by atoms with Crippen LogP contribution in [0, 0.1) is 18.8 Å². The van der Waals surface area contributed by atoms with Crippen LogP contribution in [0.5, 0.6) is 5.75 Å². The van der Waals surface area contributed by atoms with Gasteiger partial charge in [0.05, 0.1) is 7.11 Å². The Labute approximate surface area is 127 Å². The summed E-state index contributed by atoms with van der Waals surface area (Å²) in [5.41, 5.74) is 2.33. The summed E-state index contributed by atoms with van der Waals surface area (Å²) in [5, 5.41) is 3.25. The first-order valence-electron chi connectivity index (χ1n) is 8.08. The Hall–Kier alpha value is -1.51.